The van der Waals surface area contributed by atoms with Gasteiger partial charge in [0.1, 0.15) is 0 Å². The number of esters is 1. The maximum atomic E-state index is 11.5. The molecule has 0 radical (unpaired) electrons. The maximum absolute atomic E-state index is 11.5. The van der Waals surface area contributed by atoms with Gasteiger partial charge >= 0.3 is 5.97 Å². The van der Waals surface area contributed by atoms with Crippen molar-refractivity contribution in [3.8, 4) is 0 Å². The first kappa shape index (κ1) is 13.4. The van der Waals surface area contributed by atoms with Crippen molar-refractivity contribution in [1.82, 2.24) is 5.32 Å². The lowest BCUT2D eigenvalue weighted by Gasteiger charge is -2.18. The highest BCUT2D eigenvalue weighted by Crippen LogP contribution is 2.23. The van der Waals surface area contributed by atoms with Crippen LogP contribution in [0.2, 0.25) is 0 Å². The molecule has 1 unspecified atom stereocenters. The van der Waals surface area contributed by atoms with Crippen molar-refractivity contribution >= 4 is 22.9 Å². The third-order valence-electron chi connectivity index (χ3n) is 2.35. The number of ether oxygens (including phenoxy) is 1. The summed E-state index contributed by atoms with van der Waals surface area (Å²) in [5, 5.41) is 4.14. The predicted molar refractivity (Wildman–Crippen MR) is 67.7 cm³/mol. The van der Waals surface area contributed by atoms with E-state index in [2.05, 4.69) is 24.2 Å². The van der Waals surface area contributed by atoms with Crippen molar-refractivity contribution in [3.05, 3.63) is 0 Å². The summed E-state index contributed by atoms with van der Waals surface area (Å²) in [5.41, 5.74) is 0.0567. The van der Waals surface area contributed by atoms with Crippen LogP contribution in [-0.4, -0.2) is 35.6 Å². The molecular weight excluding hydrogens is 224 g/mol. The molecule has 0 aromatic carbocycles. The zero-order valence-corrected chi connectivity index (χ0v) is 11.4. The average molecular weight is 244 g/mol. The predicted octanol–water partition coefficient (Wildman–Crippen LogP) is 1.65. The largest absolute Gasteiger partial charge is 0.467 e. The van der Waals surface area contributed by atoms with Crippen LogP contribution in [0, 0.1) is 5.92 Å². The second-order valence-corrected chi connectivity index (χ2v) is 5.91. The number of hydrogen-bond acceptors (Lipinski definition) is 4. The summed E-state index contributed by atoms with van der Waals surface area (Å²) >= 11 is 1.65. The van der Waals surface area contributed by atoms with E-state index in [4.69, 9.17) is 4.74 Å². The summed E-state index contributed by atoms with van der Waals surface area (Å²) in [5.74, 6) is 0.846. The molecule has 0 spiro atoms. The molecule has 1 aliphatic rings. The number of rotatable bonds is 3. The van der Waals surface area contributed by atoms with E-state index in [0.29, 0.717) is 0 Å². The van der Waals surface area contributed by atoms with E-state index in [1.54, 1.807) is 11.8 Å². The Bertz CT molecular complexity index is 300. The highest BCUT2D eigenvalue weighted by atomic mass is 32.2. The minimum atomic E-state index is -0.408. The first-order valence-electron chi connectivity index (χ1n) is 5.42. The normalized spacial score (nSPS) is 23.2. The van der Waals surface area contributed by atoms with Crippen LogP contribution in [0.5, 0.6) is 0 Å². The molecule has 0 amide bonds. The number of thioether (sulfide) groups is 1. The fourth-order valence-corrected chi connectivity index (χ4v) is 2.51. The van der Waals surface area contributed by atoms with Gasteiger partial charge in [0.25, 0.3) is 0 Å². The van der Waals surface area contributed by atoms with Gasteiger partial charge in [-0.3, -0.25) is 0 Å². The quantitative estimate of drug-likeness (QED) is 0.767. The summed E-state index contributed by atoms with van der Waals surface area (Å²) in [6.45, 7) is 8.17. The van der Waals surface area contributed by atoms with Gasteiger partial charge in [-0.05, 0) is 19.8 Å². The summed E-state index contributed by atoms with van der Waals surface area (Å²) in [4.78, 5) is 16.0. The molecule has 92 valence electrons. The Labute approximate surface area is 101 Å². The van der Waals surface area contributed by atoms with Gasteiger partial charge in [0.05, 0.1) is 7.11 Å². The first-order chi connectivity index (χ1) is 7.35. The second kappa shape index (κ2) is 5.08. The fraction of sp³-hybridized carbons (Fsp3) is 0.818. The maximum Gasteiger partial charge on any atom is 0.330 e. The van der Waals surface area contributed by atoms with E-state index < -0.39 is 6.04 Å². The molecule has 4 nitrogen and oxygen atoms in total. The van der Waals surface area contributed by atoms with Gasteiger partial charge in [-0.15, -0.1) is 0 Å². The van der Waals surface area contributed by atoms with Crippen LogP contribution in [0.15, 0.2) is 4.99 Å². The van der Waals surface area contributed by atoms with Gasteiger partial charge in [-0.1, -0.05) is 25.6 Å². The minimum Gasteiger partial charge on any atom is -0.467 e. The number of carbonyl (C=O) groups is 1. The fourth-order valence-electron chi connectivity index (χ4n) is 1.40. The van der Waals surface area contributed by atoms with Crippen LogP contribution >= 0.6 is 11.8 Å². The molecule has 1 aliphatic heterocycles. The van der Waals surface area contributed by atoms with Gasteiger partial charge in [-0.25, -0.2) is 9.79 Å². The van der Waals surface area contributed by atoms with E-state index >= 15 is 0 Å². The first-order valence-corrected chi connectivity index (χ1v) is 6.41. The Morgan fingerprint density at radius 2 is 2.19 bits per heavy atom. The lowest BCUT2D eigenvalue weighted by atomic mass is 10.1. The third kappa shape index (κ3) is 3.40. The molecule has 1 saturated heterocycles. The Morgan fingerprint density at radius 1 is 1.56 bits per heavy atom. The monoisotopic (exact) mass is 244 g/mol. The van der Waals surface area contributed by atoms with Gasteiger partial charge in [-0.2, -0.15) is 0 Å². The number of methoxy groups -OCH3 is 1. The summed E-state index contributed by atoms with van der Waals surface area (Å²) in [6.07, 6.45) is 0. The summed E-state index contributed by atoms with van der Waals surface area (Å²) in [7, 11) is 1.40. The molecule has 0 aromatic heterocycles. The van der Waals surface area contributed by atoms with E-state index in [0.717, 1.165) is 10.9 Å². The van der Waals surface area contributed by atoms with Crippen LogP contribution in [0.3, 0.4) is 0 Å². The van der Waals surface area contributed by atoms with Crippen LogP contribution in [0.25, 0.3) is 0 Å². The number of nitrogens with zero attached hydrogens (tertiary/aromatic N) is 1. The molecule has 1 rings (SSSR count). The molecule has 5 heteroatoms. The molecule has 0 aromatic rings. The molecule has 0 bridgehead atoms. The number of amidine groups is 1. The van der Waals surface area contributed by atoms with E-state index in [1.165, 1.54) is 7.11 Å². The molecule has 1 heterocycles. The van der Waals surface area contributed by atoms with Gasteiger partial charge in [0, 0.05) is 11.3 Å². The number of nitrogens with one attached hydrogen (secondary N) is 1. The third-order valence-corrected chi connectivity index (χ3v) is 3.69. The average Bonchev–Trinajstić information content (AvgIpc) is 2.53. The smallest absolute Gasteiger partial charge is 0.330 e. The van der Waals surface area contributed by atoms with Crippen LogP contribution in [0.4, 0.5) is 0 Å². The Kier molecular flexibility index (Phi) is 4.24. The molecule has 0 aliphatic carbocycles. The molecule has 0 saturated carbocycles. The van der Waals surface area contributed by atoms with Crippen molar-refractivity contribution < 1.29 is 9.53 Å². The number of hydrogen-bond donors (Lipinski definition) is 1. The van der Waals surface area contributed by atoms with Crippen LogP contribution < -0.4 is 5.32 Å². The van der Waals surface area contributed by atoms with Crippen molar-refractivity contribution in [3.63, 3.8) is 0 Å². The van der Waals surface area contributed by atoms with Crippen molar-refractivity contribution in [2.24, 2.45) is 10.9 Å². The van der Waals surface area contributed by atoms with Crippen molar-refractivity contribution in [1.29, 1.82) is 0 Å². The van der Waals surface area contributed by atoms with Gasteiger partial charge < -0.3 is 10.1 Å². The summed E-state index contributed by atoms with van der Waals surface area (Å²) in [6, 6.07) is -0.408. The van der Waals surface area contributed by atoms with Crippen molar-refractivity contribution in [2.45, 2.75) is 39.3 Å². The second-order valence-electron chi connectivity index (χ2n) is 4.94. The van der Waals surface area contributed by atoms with Crippen LogP contribution in [-0.2, 0) is 9.53 Å². The van der Waals surface area contributed by atoms with E-state index in [9.17, 15) is 4.79 Å². The highest BCUT2D eigenvalue weighted by molar-refractivity contribution is 8.14. The molecule has 1 fully saturated rings. The molecule has 1 atom stereocenters. The Balaban J connectivity index is 2.76. The Hall–Kier alpha value is -0.710. The zero-order chi connectivity index (χ0) is 12.3. The minimum absolute atomic E-state index is 0.0567. The highest BCUT2D eigenvalue weighted by Gasteiger charge is 2.30. The lowest BCUT2D eigenvalue weighted by molar-refractivity contribution is -0.143. The number of carbonyl (C=O) groups excluding carboxylic acids is 1. The van der Waals surface area contributed by atoms with E-state index in [1.807, 2.05) is 13.8 Å². The molecule has 16 heavy (non-hydrogen) atoms. The molecule has 1 N–H and O–H groups in total. The topological polar surface area (TPSA) is 50.7 Å². The van der Waals surface area contributed by atoms with E-state index in [-0.39, 0.29) is 17.4 Å². The SMILES string of the molecule is COC(=O)C(N=C1NC(C)(C)CS1)C(C)C. The zero-order valence-electron chi connectivity index (χ0n) is 10.5. The van der Waals surface area contributed by atoms with Gasteiger partial charge in [0.15, 0.2) is 11.2 Å². The number of aliphatic imine (C=N–C) groups is 1. The summed E-state index contributed by atoms with van der Waals surface area (Å²) < 4.78 is 4.75. The lowest BCUT2D eigenvalue weighted by Crippen LogP contribution is -2.38. The standard InChI is InChI=1S/C11H20N2O2S/c1-7(2)8(9(14)15-5)12-10-13-11(3,4)6-16-10/h7-8H,6H2,1-5H3,(H,12,13). The van der Waals surface area contributed by atoms with Crippen molar-refractivity contribution in [2.75, 3.05) is 12.9 Å². The van der Waals surface area contributed by atoms with Gasteiger partial charge in [0.2, 0.25) is 0 Å². The molecular formula is C11H20N2O2S. The van der Waals surface area contributed by atoms with Crippen LogP contribution in [0.1, 0.15) is 27.7 Å². The Morgan fingerprint density at radius 3 is 2.56 bits per heavy atom.